The Bertz CT molecular complexity index is 431. The largest absolute Gasteiger partial charge is 0.488 e. The highest BCUT2D eigenvalue weighted by Crippen LogP contribution is 2.24. The van der Waals surface area contributed by atoms with E-state index < -0.39 is 0 Å². The Kier molecular flexibility index (Phi) is 4.58. The van der Waals surface area contributed by atoms with Gasteiger partial charge in [0.25, 0.3) is 0 Å². The first kappa shape index (κ1) is 13.9. The second kappa shape index (κ2) is 6.59. The molecule has 3 heteroatoms. The van der Waals surface area contributed by atoms with Crippen LogP contribution in [0.3, 0.4) is 0 Å². The van der Waals surface area contributed by atoms with Crippen molar-refractivity contribution in [3.8, 4) is 5.75 Å². The molecule has 0 amide bonds. The number of hydrogen-bond donors (Lipinski definition) is 2. The average molecular weight is 275 g/mol. The number of nitrogens with one attached hydrogen (secondary N) is 1. The summed E-state index contributed by atoms with van der Waals surface area (Å²) >= 11 is 0. The number of aliphatic hydroxyl groups is 1. The minimum atomic E-state index is -0.314. The lowest BCUT2D eigenvalue weighted by Crippen LogP contribution is -2.30. The molecule has 0 spiro atoms. The normalized spacial score (nSPS) is 27.1. The molecule has 1 aromatic carbocycles. The second-order valence-electron chi connectivity index (χ2n) is 6.16. The summed E-state index contributed by atoms with van der Waals surface area (Å²) in [6.45, 7) is 0.912. The van der Waals surface area contributed by atoms with Gasteiger partial charge in [0.15, 0.2) is 0 Å². The SMILES string of the molecule is OC1CCCCCC1Oc1cccc(CNC2CC2)c1. The number of rotatable bonds is 5. The van der Waals surface area contributed by atoms with E-state index in [1.54, 1.807) is 0 Å². The lowest BCUT2D eigenvalue weighted by molar-refractivity contribution is 0.0319. The van der Waals surface area contributed by atoms with Crippen LogP contribution in [0, 0.1) is 0 Å². The first-order valence-electron chi connectivity index (χ1n) is 7.98. The lowest BCUT2D eigenvalue weighted by atomic mass is 10.1. The monoisotopic (exact) mass is 275 g/mol. The van der Waals surface area contributed by atoms with Crippen LogP contribution in [0.5, 0.6) is 5.75 Å². The van der Waals surface area contributed by atoms with E-state index in [0.717, 1.165) is 44.0 Å². The van der Waals surface area contributed by atoms with E-state index in [0.29, 0.717) is 0 Å². The molecule has 0 saturated heterocycles. The molecule has 2 fully saturated rings. The molecule has 2 unspecified atom stereocenters. The van der Waals surface area contributed by atoms with Crippen LogP contribution in [-0.4, -0.2) is 23.4 Å². The summed E-state index contributed by atoms with van der Waals surface area (Å²) in [5.74, 6) is 0.894. The Hall–Kier alpha value is -1.06. The van der Waals surface area contributed by atoms with E-state index >= 15 is 0 Å². The van der Waals surface area contributed by atoms with Crippen molar-refractivity contribution >= 4 is 0 Å². The summed E-state index contributed by atoms with van der Waals surface area (Å²) in [6.07, 6.45) is 7.59. The highest BCUT2D eigenvalue weighted by molar-refractivity contribution is 5.29. The zero-order valence-electron chi connectivity index (χ0n) is 12.1. The molecular weight excluding hydrogens is 250 g/mol. The van der Waals surface area contributed by atoms with Crippen LogP contribution in [0.1, 0.15) is 50.5 Å². The molecule has 0 aromatic heterocycles. The van der Waals surface area contributed by atoms with Gasteiger partial charge < -0.3 is 15.2 Å². The van der Waals surface area contributed by atoms with E-state index in [-0.39, 0.29) is 12.2 Å². The van der Waals surface area contributed by atoms with Crippen LogP contribution in [0.2, 0.25) is 0 Å². The van der Waals surface area contributed by atoms with E-state index in [1.165, 1.54) is 24.8 Å². The van der Waals surface area contributed by atoms with E-state index in [4.69, 9.17) is 4.74 Å². The molecule has 20 heavy (non-hydrogen) atoms. The van der Waals surface area contributed by atoms with Crippen molar-refractivity contribution in [1.29, 1.82) is 0 Å². The Balaban J connectivity index is 1.58. The fourth-order valence-corrected chi connectivity index (χ4v) is 2.84. The predicted molar refractivity (Wildman–Crippen MR) is 79.8 cm³/mol. The number of benzene rings is 1. The third-order valence-corrected chi connectivity index (χ3v) is 4.28. The molecular formula is C17H25NO2. The number of ether oxygens (including phenoxy) is 1. The van der Waals surface area contributed by atoms with Crippen molar-refractivity contribution in [1.82, 2.24) is 5.32 Å². The molecule has 110 valence electrons. The quantitative estimate of drug-likeness (QED) is 0.812. The first-order valence-corrected chi connectivity index (χ1v) is 7.98. The molecule has 2 saturated carbocycles. The second-order valence-corrected chi connectivity index (χ2v) is 6.16. The molecule has 0 radical (unpaired) electrons. The van der Waals surface area contributed by atoms with Gasteiger partial charge >= 0.3 is 0 Å². The van der Waals surface area contributed by atoms with Gasteiger partial charge in [0.1, 0.15) is 11.9 Å². The standard InChI is InChI=1S/C17H25NO2/c19-16-7-2-1-3-8-17(16)20-15-6-4-5-13(11-15)12-18-14-9-10-14/h4-6,11,14,16-19H,1-3,7-10,12H2. The van der Waals surface area contributed by atoms with Crippen LogP contribution >= 0.6 is 0 Å². The van der Waals surface area contributed by atoms with Crippen LogP contribution in [0.4, 0.5) is 0 Å². The maximum atomic E-state index is 10.1. The van der Waals surface area contributed by atoms with E-state index in [1.807, 2.05) is 12.1 Å². The van der Waals surface area contributed by atoms with Crippen LogP contribution in [-0.2, 0) is 6.54 Å². The molecule has 3 nitrogen and oxygen atoms in total. The van der Waals surface area contributed by atoms with Crippen molar-refractivity contribution in [3.05, 3.63) is 29.8 Å². The fourth-order valence-electron chi connectivity index (χ4n) is 2.84. The topological polar surface area (TPSA) is 41.5 Å². The lowest BCUT2D eigenvalue weighted by Gasteiger charge is -2.22. The molecule has 2 aliphatic rings. The molecule has 1 aromatic rings. The molecule has 0 heterocycles. The predicted octanol–water partition coefficient (Wildman–Crippen LogP) is 3.01. The molecule has 3 rings (SSSR count). The molecule has 0 aliphatic heterocycles. The van der Waals surface area contributed by atoms with Crippen LogP contribution in [0.25, 0.3) is 0 Å². The third-order valence-electron chi connectivity index (χ3n) is 4.28. The van der Waals surface area contributed by atoms with Crippen molar-refractivity contribution < 1.29 is 9.84 Å². The summed E-state index contributed by atoms with van der Waals surface area (Å²) in [4.78, 5) is 0. The molecule has 2 atom stereocenters. The van der Waals surface area contributed by atoms with Crippen molar-refractivity contribution in [3.63, 3.8) is 0 Å². The summed E-state index contributed by atoms with van der Waals surface area (Å²) < 4.78 is 6.03. The van der Waals surface area contributed by atoms with Crippen molar-refractivity contribution in [2.24, 2.45) is 0 Å². The van der Waals surface area contributed by atoms with Gasteiger partial charge in [-0.15, -0.1) is 0 Å². The summed E-state index contributed by atoms with van der Waals surface area (Å²) in [5, 5.41) is 13.6. The van der Waals surface area contributed by atoms with Gasteiger partial charge in [-0.05, 0) is 49.8 Å². The Morgan fingerprint density at radius 2 is 1.95 bits per heavy atom. The average Bonchev–Trinajstić information content (AvgIpc) is 3.28. The van der Waals surface area contributed by atoms with Gasteiger partial charge in [0, 0.05) is 12.6 Å². The highest BCUT2D eigenvalue weighted by atomic mass is 16.5. The Morgan fingerprint density at radius 1 is 1.10 bits per heavy atom. The van der Waals surface area contributed by atoms with Crippen molar-refractivity contribution in [2.45, 2.75) is 69.7 Å². The zero-order valence-corrected chi connectivity index (χ0v) is 12.1. The van der Waals surface area contributed by atoms with Gasteiger partial charge in [0.05, 0.1) is 6.10 Å². The van der Waals surface area contributed by atoms with Gasteiger partial charge in [-0.2, -0.15) is 0 Å². The maximum Gasteiger partial charge on any atom is 0.124 e. The first-order chi connectivity index (χ1) is 9.81. The van der Waals surface area contributed by atoms with Gasteiger partial charge in [-0.1, -0.05) is 25.0 Å². The van der Waals surface area contributed by atoms with Gasteiger partial charge in [0.2, 0.25) is 0 Å². The van der Waals surface area contributed by atoms with Crippen LogP contribution < -0.4 is 10.1 Å². The number of aliphatic hydroxyl groups excluding tert-OH is 1. The zero-order chi connectivity index (χ0) is 13.8. The molecule has 2 N–H and O–H groups in total. The third kappa shape index (κ3) is 3.97. The molecule has 0 bridgehead atoms. The van der Waals surface area contributed by atoms with Crippen LogP contribution in [0.15, 0.2) is 24.3 Å². The smallest absolute Gasteiger partial charge is 0.124 e. The fraction of sp³-hybridized carbons (Fsp3) is 0.647. The van der Waals surface area contributed by atoms with E-state index in [2.05, 4.69) is 17.4 Å². The minimum Gasteiger partial charge on any atom is -0.488 e. The van der Waals surface area contributed by atoms with Gasteiger partial charge in [-0.3, -0.25) is 0 Å². The minimum absolute atomic E-state index is 0.0378. The summed E-state index contributed by atoms with van der Waals surface area (Å²) in [5.41, 5.74) is 1.26. The van der Waals surface area contributed by atoms with E-state index in [9.17, 15) is 5.11 Å². The Labute approximate surface area is 121 Å². The highest BCUT2D eigenvalue weighted by Gasteiger charge is 2.23. The number of hydrogen-bond acceptors (Lipinski definition) is 3. The molecule has 2 aliphatic carbocycles. The van der Waals surface area contributed by atoms with Gasteiger partial charge in [-0.25, -0.2) is 0 Å². The van der Waals surface area contributed by atoms with Crippen molar-refractivity contribution in [2.75, 3.05) is 0 Å². The maximum absolute atomic E-state index is 10.1. The summed E-state index contributed by atoms with van der Waals surface area (Å²) in [6, 6.07) is 9.00. The Morgan fingerprint density at radius 3 is 2.80 bits per heavy atom. The summed E-state index contributed by atoms with van der Waals surface area (Å²) in [7, 11) is 0.